The zero-order valence-electron chi connectivity index (χ0n) is 10.3. The fraction of sp³-hybridized carbons (Fsp3) is 0.600. The Labute approximate surface area is 104 Å². The second-order valence-corrected chi connectivity index (χ2v) is 5.74. The molecule has 1 aliphatic rings. The fourth-order valence-corrected chi connectivity index (χ4v) is 3.29. The van der Waals surface area contributed by atoms with E-state index in [0.29, 0.717) is 11.3 Å². The van der Waals surface area contributed by atoms with Crippen molar-refractivity contribution in [3.05, 3.63) is 34.9 Å². The van der Waals surface area contributed by atoms with Crippen LogP contribution in [0, 0.1) is 13.8 Å². The number of halogens is 1. The van der Waals surface area contributed by atoms with E-state index in [9.17, 15) is 0 Å². The first-order chi connectivity index (χ1) is 7.66. The molecule has 0 N–H and O–H groups in total. The summed E-state index contributed by atoms with van der Waals surface area (Å²) in [6.07, 6.45) is 6.43. The molecule has 1 fully saturated rings. The molecule has 1 aromatic rings. The van der Waals surface area contributed by atoms with Gasteiger partial charge in [-0.2, -0.15) is 0 Å². The molecule has 2 atom stereocenters. The van der Waals surface area contributed by atoms with Crippen LogP contribution in [-0.2, 0) is 0 Å². The highest BCUT2D eigenvalue weighted by Gasteiger charge is 2.23. The van der Waals surface area contributed by atoms with Gasteiger partial charge in [0.05, 0.1) is 0 Å². The average molecular weight is 237 g/mol. The minimum Gasteiger partial charge on any atom is -0.122 e. The van der Waals surface area contributed by atoms with Gasteiger partial charge in [-0.05, 0) is 32.3 Å². The van der Waals surface area contributed by atoms with Gasteiger partial charge in [0, 0.05) is 11.3 Å². The maximum Gasteiger partial charge on any atom is 0.0404 e. The van der Waals surface area contributed by atoms with Gasteiger partial charge >= 0.3 is 0 Å². The minimum absolute atomic E-state index is 0.337. The third-order valence-electron chi connectivity index (χ3n) is 3.60. The molecule has 16 heavy (non-hydrogen) atoms. The van der Waals surface area contributed by atoms with Crippen LogP contribution in [-0.4, -0.2) is 5.38 Å². The maximum absolute atomic E-state index is 6.53. The van der Waals surface area contributed by atoms with Crippen molar-refractivity contribution in [2.24, 2.45) is 0 Å². The van der Waals surface area contributed by atoms with Gasteiger partial charge in [0.2, 0.25) is 0 Å². The van der Waals surface area contributed by atoms with Gasteiger partial charge < -0.3 is 0 Å². The van der Waals surface area contributed by atoms with E-state index < -0.39 is 0 Å². The lowest BCUT2D eigenvalue weighted by molar-refractivity contribution is 0.599. The average Bonchev–Trinajstić information content (AvgIpc) is 2.41. The Morgan fingerprint density at radius 2 is 1.56 bits per heavy atom. The molecule has 1 saturated carbocycles. The molecule has 0 aliphatic heterocycles. The molecule has 0 radical (unpaired) electrons. The summed E-state index contributed by atoms with van der Waals surface area (Å²) in [5.41, 5.74) is 4.19. The van der Waals surface area contributed by atoms with Crippen LogP contribution >= 0.6 is 11.6 Å². The van der Waals surface area contributed by atoms with E-state index >= 15 is 0 Å². The zero-order chi connectivity index (χ0) is 11.5. The lowest BCUT2D eigenvalue weighted by Crippen LogP contribution is -2.11. The monoisotopic (exact) mass is 236 g/mol. The summed E-state index contributed by atoms with van der Waals surface area (Å²) in [6, 6.07) is 6.88. The van der Waals surface area contributed by atoms with Crippen molar-refractivity contribution in [2.45, 2.75) is 57.2 Å². The summed E-state index contributed by atoms with van der Waals surface area (Å²) in [4.78, 5) is 0. The van der Waals surface area contributed by atoms with E-state index in [2.05, 4.69) is 32.0 Å². The third-order valence-corrected chi connectivity index (χ3v) is 4.13. The maximum atomic E-state index is 6.53. The number of alkyl halides is 1. The number of aryl methyl sites for hydroxylation is 2. The molecule has 0 nitrogen and oxygen atoms in total. The number of rotatable bonds is 1. The first kappa shape index (κ1) is 12.0. The van der Waals surface area contributed by atoms with Crippen molar-refractivity contribution in [1.29, 1.82) is 0 Å². The van der Waals surface area contributed by atoms with Crippen LogP contribution in [0.25, 0.3) is 0 Å². The summed E-state index contributed by atoms with van der Waals surface area (Å²) in [7, 11) is 0. The van der Waals surface area contributed by atoms with Crippen molar-refractivity contribution < 1.29 is 0 Å². The van der Waals surface area contributed by atoms with Crippen molar-refractivity contribution >= 4 is 11.6 Å². The highest BCUT2D eigenvalue weighted by molar-refractivity contribution is 6.21. The van der Waals surface area contributed by atoms with Gasteiger partial charge in [-0.3, -0.25) is 0 Å². The Morgan fingerprint density at radius 1 is 0.938 bits per heavy atom. The molecular weight excluding hydrogens is 216 g/mol. The molecule has 0 heterocycles. The smallest absolute Gasteiger partial charge is 0.0404 e. The molecule has 1 heteroatoms. The van der Waals surface area contributed by atoms with Crippen LogP contribution < -0.4 is 0 Å². The molecule has 0 saturated heterocycles. The first-order valence-corrected chi connectivity index (χ1v) is 6.83. The molecular formula is C15H21Cl. The van der Waals surface area contributed by atoms with Gasteiger partial charge in [0.15, 0.2) is 0 Å². The molecule has 0 spiro atoms. The Balaban J connectivity index is 2.26. The minimum atomic E-state index is 0.337. The lowest BCUT2D eigenvalue weighted by atomic mass is 9.89. The topological polar surface area (TPSA) is 0 Å². The number of hydrogen-bond acceptors (Lipinski definition) is 0. The van der Waals surface area contributed by atoms with Crippen LogP contribution in [0.1, 0.15) is 54.7 Å². The van der Waals surface area contributed by atoms with Crippen molar-refractivity contribution in [2.75, 3.05) is 0 Å². The predicted molar refractivity (Wildman–Crippen MR) is 71.4 cm³/mol. The molecule has 2 unspecified atom stereocenters. The Morgan fingerprint density at radius 3 is 2.25 bits per heavy atom. The molecule has 1 aliphatic carbocycles. The van der Waals surface area contributed by atoms with Crippen molar-refractivity contribution in [1.82, 2.24) is 0 Å². The van der Waals surface area contributed by atoms with E-state index in [-0.39, 0.29) is 0 Å². The number of benzene rings is 1. The van der Waals surface area contributed by atoms with Crippen LogP contribution in [0.4, 0.5) is 0 Å². The summed E-state index contributed by atoms with van der Waals surface area (Å²) < 4.78 is 0. The molecule has 0 bridgehead atoms. The summed E-state index contributed by atoms with van der Waals surface area (Å²) in [5, 5.41) is 0.337. The SMILES string of the molecule is Cc1cc(C)cc(C2CCCCCC2Cl)c1. The molecule has 2 rings (SSSR count). The quantitative estimate of drug-likeness (QED) is 0.478. The first-order valence-electron chi connectivity index (χ1n) is 6.39. The van der Waals surface area contributed by atoms with E-state index in [1.54, 1.807) is 0 Å². The van der Waals surface area contributed by atoms with Crippen molar-refractivity contribution in [3.8, 4) is 0 Å². The second kappa shape index (κ2) is 5.23. The summed E-state index contributed by atoms with van der Waals surface area (Å²) in [5.74, 6) is 0.572. The van der Waals surface area contributed by atoms with Crippen molar-refractivity contribution in [3.63, 3.8) is 0 Å². The second-order valence-electron chi connectivity index (χ2n) is 5.18. The summed E-state index contributed by atoms with van der Waals surface area (Å²) in [6.45, 7) is 4.35. The molecule has 1 aromatic carbocycles. The van der Waals surface area contributed by atoms with Crippen LogP contribution in [0.3, 0.4) is 0 Å². The lowest BCUT2D eigenvalue weighted by Gasteiger charge is -2.21. The van der Waals surface area contributed by atoms with E-state index in [4.69, 9.17) is 11.6 Å². The van der Waals surface area contributed by atoms with E-state index in [1.165, 1.54) is 48.8 Å². The van der Waals surface area contributed by atoms with E-state index in [0.717, 1.165) is 0 Å². The molecule has 0 amide bonds. The highest BCUT2D eigenvalue weighted by Crippen LogP contribution is 2.35. The largest absolute Gasteiger partial charge is 0.122 e. The Bertz CT molecular complexity index is 336. The van der Waals surface area contributed by atoms with Gasteiger partial charge in [0.1, 0.15) is 0 Å². The normalized spacial score (nSPS) is 26.4. The molecule has 0 aromatic heterocycles. The van der Waals surface area contributed by atoms with Gasteiger partial charge in [-0.25, -0.2) is 0 Å². The standard InChI is InChI=1S/C15H21Cl/c1-11-8-12(2)10-13(9-11)14-6-4-3-5-7-15(14)16/h8-10,14-15H,3-7H2,1-2H3. The fourth-order valence-electron chi connectivity index (χ4n) is 2.86. The number of hydrogen-bond donors (Lipinski definition) is 0. The Hall–Kier alpha value is -0.490. The summed E-state index contributed by atoms with van der Waals surface area (Å²) >= 11 is 6.53. The van der Waals surface area contributed by atoms with Gasteiger partial charge in [0.25, 0.3) is 0 Å². The highest BCUT2D eigenvalue weighted by atomic mass is 35.5. The Kier molecular flexibility index (Phi) is 3.91. The van der Waals surface area contributed by atoms with Gasteiger partial charge in [-0.1, -0.05) is 48.6 Å². The van der Waals surface area contributed by atoms with Crippen LogP contribution in [0.15, 0.2) is 18.2 Å². The van der Waals surface area contributed by atoms with Gasteiger partial charge in [-0.15, -0.1) is 11.6 Å². The van der Waals surface area contributed by atoms with Crippen LogP contribution in [0.2, 0.25) is 0 Å². The predicted octanol–water partition coefficient (Wildman–Crippen LogP) is 4.96. The third kappa shape index (κ3) is 2.79. The van der Waals surface area contributed by atoms with E-state index in [1.807, 2.05) is 0 Å². The zero-order valence-corrected chi connectivity index (χ0v) is 11.1. The molecule has 88 valence electrons. The van der Waals surface area contributed by atoms with Crippen LogP contribution in [0.5, 0.6) is 0 Å².